The molecule has 1 aliphatic rings. The molecule has 0 spiro atoms. The first-order valence-corrected chi connectivity index (χ1v) is 10.5. The average molecular weight is 397 g/mol. The lowest BCUT2D eigenvalue weighted by Crippen LogP contribution is -2.47. The number of rotatable bonds is 7. The Kier molecular flexibility index (Phi) is 7.61. The third-order valence-electron chi connectivity index (χ3n) is 4.48. The number of nitrogens with one attached hydrogen (secondary N) is 1. The van der Waals surface area contributed by atoms with Crippen LogP contribution in [0, 0.1) is 0 Å². The summed E-state index contributed by atoms with van der Waals surface area (Å²) in [6, 6.07) is -0.463. The van der Waals surface area contributed by atoms with Crippen molar-refractivity contribution >= 4 is 23.3 Å². The standard InChI is InChI=1S/C19H32N4O3S/c1-6-22(7-2)12-14-13-27-16(21-14)11-20-17(24)15-9-8-10-23(15)18(25)26-19(3,4)5/h13,15H,6-12H2,1-5H3,(H,20,24). The number of carbonyl (C=O) groups excluding carboxylic acids is 2. The van der Waals surface area contributed by atoms with E-state index in [-0.39, 0.29) is 5.91 Å². The van der Waals surface area contributed by atoms with Crippen molar-refractivity contribution in [2.45, 2.75) is 72.2 Å². The van der Waals surface area contributed by atoms with E-state index in [0.717, 1.165) is 36.8 Å². The number of hydrogen-bond acceptors (Lipinski definition) is 6. The summed E-state index contributed by atoms with van der Waals surface area (Å²) < 4.78 is 5.42. The van der Waals surface area contributed by atoms with E-state index in [2.05, 4.69) is 29.0 Å². The maximum Gasteiger partial charge on any atom is 0.410 e. The molecule has 0 aromatic carbocycles. The van der Waals surface area contributed by atoms with Crippen LogP contribution >= 0.6 is 11.3 Å². The van der Waals surface area contributed by atoms with Crippen LogP contribution in [0.3, 0.4) is 0 Å². The Morgan fingerprint density at radius 2 is 2.07 bits per heavy atom. The van der Waals surface area contributed by atoms with E-state index in [0.29, 0.717) is 19.5 Å². The quantitative estimate of drug-likeness (QED) is 0.767. The van der Waals surface area contributed by atoms with E-state index >= 15 is 0 Å². The molecule has 1 atom stereocenters. The van der Waals surface area contributed by atoms with Gasteiger partial charge in [-0.3, -0.25) is 14.6 Å². The Morgan fingerprint density at radius 3 is 2.70 bits per heavy atom. The maximum absolute atomic E-state index is 12.6. The number of ether oxygens (including phenoxy) is 1. The Bertz CT molecular complexity index is 637. The average Bonchev–Trinajstić information content (AvgIpc) is 3.25. The maximum atomic E-state index is 12.6. The minimum Gasteiger partial charge on any atom is -0.444 e. The van der Waals surface area contributed by atoms with Crippen molar-refractivity contribution in [3.8, 4) is 0 Å². The predicted octanol–water partition coefficient (Wildman–Crippen LogP) is 3.00. The molecular weight excluding hydrogens is 364 g/mol. The number of thiazole rings is 1. The second-order valence-corrected chi connectivity index (χ2v) is 8.69. The molecule has 2 rings (SSSR count). The van der Waals surface area contributed by atoms with Crippen molar-refractivity contribution in [3.63, 3.8) is 0 Å². The molecule has 1 saturated heterocycles. The minimum absolute atomic E-state index is 0.140. The monoisotopic (exact) mass is 396 g/mol. The van der Waals surface area contributed by atoms with Gasteiger partial charge in [-0.25, -0.2) is 9.78 Å². The van der Waals surface area contributed by atoms with Crippen LogP contribution in [-0.4, -0.2) is 58.1 Å². The van der Waals surface area contributed by atoms with Crippen LogP contribution in [-0.2, 0) is 22.6 Å². The molecule has 0 saturated carbocycles. The van der Waals surface area contributed by atoms with Crippen LogP contribution in [0.2, 0.25) is 0 Å². The van der Waals surface area contributed by atoms with Gasteiger partial charge < -0.3 is 10.1 Å². The predicted molar refractivity (Wildman–Crippen MR) is 107 cm³/mol. The van der Waals surface area contributed by atoms with Gasteiger partial charge >= 0.3 is 6.09 Å². The van der Waals surface area contributed by atoms with E-state index in [1.165, 1.54) is 4.90 Å². The van der Waals surface area contributed by atoms with Crippen molar-refractivity contribution in [2.24, 2.45) is 0 Å². The Morgan fingerprint density at radius 1 is 1.37 bits per heavy atom. The highest BCUT2D eigenvalue weighted by Crippen LogP contribution is 2.21. The zero-order valence-electron chi connectivity index (χ0n) is 17.1. The lowest BCUT2D eigenvalue weighted by Gasteiger charge is -2.27. The molecule has 1 aromatic heterocycles. The zero-order chi connectivity index (χ0) is 20.0. The van der Waals surface area contributed by atoms with Gasteiger partial charge in [0.15, 0.2) is 0 Å². The lowest BCUT2D eigenvalue weighted by molar-refractivity contribution is -0.125. The summed E-state index contributed by atoms with van der Waals surface area (Å²) in [5.74, 6) is -0.140. The van der Waals surface area contributed by atoms with Gasteiger partial charge in [0.2, 0.25) is 5.91 Å². The third kappa shape index (κ3) is 6.46. The number of nitrogens with zero attached hydrogens (tertiary/aromatic N) is 3. The second kappa shape index (κ2) is 9.50. The largest absolute Gasteiger partial charge is 0.444 e. The zero-order valence-corrected chi connectivity index (χ0v) is 17.9. The van der Waals surface area contributed by atoms with Crippen LogP contribution in [0.5, 0.6) is 0 Å². The van der Waals surface area contributed by atoms with E-state index < -0.39 is 17.7 Å². The van der Waals surface area contributed by atoms with Crippen molar-refractivity contribution in [1.29, 1.82) is 0 Å². The highest BCUT2D eigenvalue weighted by atomic mass is 32.1. The Hall–Kier alpha value is -1.67. The molecule has 1 N–H and O–H groups in total. The third-order valence-corrected chi connectivity index (χ3v) is 5.37. The molecule has 27 heavy (non-hydrogen) atoms. The molecule has 7 nitrogen and oxygen atoms in total. The molecule has 2 heterocycles. The molecule has 0 aliphatic carbocycles. The molecule has 2 amide bonds. The molecule has 1 aromatic rings. The van der Waals surface area contributed by atoms with Crippen molar-refractivity contribution in [2.75, 3.05) is 19.6 Å². The summed E-state index contributed by atoms with van der Waals surface area (Å²) in [7, 11) is 0. The van der Waals surface area contributed by atoms with Gasteiger partial charge in [0.05, 0.1) is 12.2 Å². The summed E-state index contributed by atoms with van der Waals surface area (Å²) in [6.45, 7) is 13.5. The van der Waals surface area contributed by atoms with E-state index in [9.17, 15) is 9.59 Å². The highest BCUT2D eigenvalue weighted by Gasteiger charge is 2.36. The first-order valence-electron chi connectivity index (χ1n) is 9.66. The first kappa shape index (κ1) is 21.6. The Balaban J connectivity index is 1.88. The van der Waals surface area contributed by atoms with Crippen molar-refractivity contribution in [3.05, 3.63) is 16.1 Å². The molecule has 1 unspecified atom stereocenters. The number of amides is 2. The fourth-order valence-corrected chi connectivity index (χ4v) is 3.76. The molecular formula is C19H32N4O3S. The highest BCUT2D eigenvalue weighted by molar-refractivity contribution is 7.09. The Labute approximate surface area is 166 Å². The molecule has 0 bridgehead atoms. The van der Waals surface area contributed by atoms with Gasteiger partial charge in [0, 0.05) is 18.5 Å². The van der Waals surface area contributed by atoms with Crippen LogP contribution < -0.4 is 5.32 Å². The van der Waals surface area contributed by atoms with Gasteiger partial charge in [-0.15, -0.1) is 11.3 Å². The smallest absolute Gasteiger partial charge is 0.410 e. The van der Waals surface area contributed by atoms with Gasteiger partial charge in [0.1, 0.15) is 16.7 Å². The molecule has 1 aliphatic heterocycles. The van der Waals surface area contributed by atoms with Crippen molar-refractivity contribution < 1.29 is 14.3 Å². The summed E-state index contributed by atoms with van der Waals surface area (Å²) in [6.07, 6.45) is 1.05. The number of aromatic nitrogens is 1. The van der Waals surface area contributed by atoms with E-state index in [1.54, 1.807) is 11.3 Å². The number of carbonyl (C=O) groups is 2. The normalized spacial score (nSPS) is 17.4. The molecule has 0 radical (unpaired) electrons. The molecule has 1 fully saturated rings. The molecule has 152 valence electrons. The van der Waals surface area contributed by atoms with Gasteiger partial charge in [-0.05, 0) is 46.7 Å². The summed E-state index contributed by atoms with van der Waals surface area (Å²) in [4.78, 5) is 33.3. The van der Waals surface area contributed by atoms with Gasteiger partial charge in [0.25, 0.3) is 0 Å². The van der Waals surface area contributed by atoms with E-state index in [4.69, 9.17) is 4.74 Å². The SMILES string of the molecule is CCN(CC)Cc1csc(CNC(=O)C2CCCN2C(=O)OC(C)(C)C)n1. The summed E-state index contributed by atoms with van der Waals surface area (Å²) in [5.41, 5.74) is 0.465. The topological polar surface area (TPSA) is 74.8 Å². The van der Waals surface area contributed by atoms with E-state index in [1.807, 2.05) is 26.2 Å². The van der Waals surface area contributed by atoms with Crippen LogP contribution in [0.4, 0.5) is 4.79 Å². The fraction of sp³-hybridized carbons (Fsp3) is 0.737. The number of hydrogen-bond donors (Lipinski definition) is 1. The fourth-order valence-electron chi connectivity index (χ4n) is 3.04. The first-order chi connectivity index (χ1) is 12.7. The van der Waals surface area contributed by atoms with Gasteiger partial charge in [-0.2, -0.15) is 0 Å². The van der Waals surface area contributed by atoms with Crippen LogP contribution in [0.1, 0.15) is 58.2 Å². The van der Waals surface area contributed by atoms with Crippen LogP contribution in [0.15, 0.2) is 5.38 Å². The lowest BCUT2D eigenvalue weighted by atomic mass is 10.2. The summed E-state index contributed by atoms with van der Waals surface area (Å²) in [5, 5.41) is 5.85. The minimum atomic E-state index is -0.567. The van der Waals surface area contributed by atoms with Crippen LogP contribution in [0.25, 0.3) is 0 Å². The van der Waals surface area contributed by atoms with Crippen molar-refractivity contribution in [1.82, 2.24) is 20.1 Å². The summed E-state index contributed by atoms with van der Waals surface area (Å²) >= 11 is 1.55. The molecule has 8 heteroatoms. The van der Waals surface area contributed by atoms with Gasteiger partial charge in [-0.1, -0.05) is 13.8 Å². The second-order valence-electron chi connectivity index (χ2n) is 7.74. The number of likely N-dealkylation sites (tertiary alicyclic amines) is 1.